The van der Waals surface area contributed by atoms with Crippen molar-refractivity contribution in [1.82, 2.24) is 9.97 Å². The molecule has 26 heavy (non-hydrogen) atoms. The average molecular weight is 385 g/mol. The molecule has 0 spiro atoms. The van der Waals surface area contributed by atoms with Gasteiger partial charge in [0.05, 0.1) is 16.8 Å². The number of fused-ring (bicyclic) bond motifs is 3. The Hall–Kier alpha value is -2.12. The lowest BCUT2D eigenvalue weighted by Gasteiger charge is -2.17. The summed E-state index contributed by atoms with van der Waals surface area (Å²) in [5.41, 5.74) is 7.99. The average Bonchev–Trinajstić information content (AvgIpc) is 2.98. The van der Waals surface area contributed by atoms with E-state index in [-0.39, 0.29) is 5.56 Å². The van der Waals surface area contributed by atoms with Crippen molar-refractivity contribution < 1.29 is 0 Å². The number of H-pyrrole nitrogens is 1. The van der Waals surface area contributed by atoms with Gasteiger partial charge in [0.25, 0.3) is 5.56 Å². The Bertz CT molecular complexity index is 1020. The molecule has 1 aromatic carbocycles. The number of aryl methyl sites for hydroxylation is 1. The maximum absolute atomic E-state index is 12.6. The second-order valence-corrected chi connectivity index (χ2v) is 8.70. The summed E-state index contributed by atoms with van der Waals surface area (Å²) in [5, 5.41) is 1.25. The summed E-state index contributed by atoms with van der Waals surface area (Å²) in [6.07, 6.45) is 3.17. The van der Waals surface area contributed by atoms with E-state index in [0.29, 0.717) is 22.7 Å². The van der Waals surface area contributed by atoms with E-state index in [4.69, 9.17) is 5.73 Å². The quantitative estimate of drug-likeness (QED) is 0.528. The highest BCUT2D eigenvalue weighted by atomic mass is 32.2. The normalized spacial score (nSPS) is 17.4. The zero-order valence-electron chi connectivity index (χ0n) is 14.5. The molecular weight excluding hydrogens is 364 g/mol. The molecule has 2 heterocycles. The van der Waals surface area contributed by atoms with Crippen molar-refractivity contribution in [2.75, 3.05) is 0 Å². The smallest absolute Gasteiger partial charge is 0.259 e. The summed E-state index contributed by atoms with van der Waals surface area (Å²) in [7, 11) is 0. The first-order chi connectivity index (χ1) is 12.6. The number of hydrogen-bond acceptors (Lipinski definition) is 5. The Morgan fingerprint density at radius 2 is 2.23 bits per heavy atom. The fourth-order valence-electron chi connectivity index (χ4n) is 3.27. The van der Waals surface area contributed by atoms with Crippen molar-refractivity contribution in [1.29, 1.82) is 0 Å². The van der Waals surface area contributed by atoms with Crippen LogP contribution >= 0.6 is 23.1 Å². The van der Waals surface area contributed by atoms with Crippen LogP contribution in [0.5, 0.6) is 0 Å². The van der Waals surface area contributed by atoms with E-state index in [0.717, 1.165) is 35.2 Å². The lowest BCUT2D eigenvalue weighted by atomic mass is 9.89. The highest BCUT2D eigenvalue weighted by Gasteiger charge is 2.23. The highest BCUT2D eigenvalue weighted by Crippen LogP contribution is 2.35. The topological polar surface area (TPSA) is 84.1 Å². The predicted octanol–water partition coefficient (Wildman–Crippen LogP) is 3.99. The van der Waals surface area contributed by atoms with Gasteiger partial charge in [-0.15, -0.1) is 11.3 Å². The summed E-state index contributed by atoms with van der Waals surface area (Å²) < 4.78 is 0. The monoisotopic (exact) mass is 384 g/mol. The Kier molecular flexibility index (Phi) is 4.82. The van der Waals surface area contributed by atoms with Crippen molar-refractivity contribution in [2.24, 2.45) is 16.6 Å². The minimum Gasteiger partial charge on any atom is -0.378 e. The molecule has 0 saturated carbocycles. The minimum atomic E-state index is -0.0313. The van der Waals surface area contributed by atoms with Gasteiger partial charge < -0.3 is 10.7 Å². The number of rotatable bonds is 3. The van der Waals surface area contributed by atoms with Crippen LogP contribution in [-0.4, -0.2) is 15.1 Å². The molecule has 1 atom stereocenters. The lowest BCUT2D eigenvalue weighted by molar-refractivity contribution is 0.509. The van der Waals surface area contributed by atoms with Gasteiger partial charge in [0.1, 0.15) is 10.7 Å². The van der Waals surface area contributed by atoms with E-state index in [9.17, 15) is 4.79 Å². The number of aromatic nitrogens is 2. The van der Waals surface area contributed by atoms with Crippen molar-refractivity contribution in [3.8, 4) is 0 Å². The number of aliphatic imine (C=N–C) groups is 1. The first-order valence-electron chi connectivity index (χ1n) is 8.65. The van der Waals surface area contributed by atoms with Gasteiger partial charge in [0.2, 0.25) is 0 Å². The van der Waals surface area contributed by atoms with Crippen LogP contribution in [0.4, 0.5) is 5.69 Å². The van der Waals surface area contributed by atoms with Gasteiger partial charge in [-0.1, -0.05) is 36.9 Å². The van der Waals surface area contributed by atoms with Crippen molar-refractivity contribution in [3.63, 3.8) is 0 Å². The van der Waals surface area contributed by atoms with Gasteiger partial charge in [-0.3, -0.25) is 4.79 Å². The van der Waals surface area contributed by atoms with Gasteiger partial charge in [0, 0.05) is 4.88 Å². The summed E-state index contributed by atoms with van der Waals surface area (Å²) >= 11 is 3.04. The molecule has 4 rings (SSSR count). The molecular formula is C19H20N4OS2. The Balaban J connectivity index is 1.56. The van der Waals surface area contributed by atoms with Crippen molar-refractivity contribution >= 4 is 44.2 Å². The number of thiophene rings is 1. The van der Waals surface area contributed by atoms with Crippen LogP contribution in [0.1, 0.15) is 29.6 Å². The summed E-state index contributed by atoms with van der Waals surface area (Å²) in [6, 6.07) is 9.58. The molecule has 0 radical (unpaired) electrons. The molecule has 0 amide bonds. The van der Waals surface area contributed by atoms with Crippen molar-refractivity contribution in [2.45, 2.75) is 31.9 Å². The first-order valence-corrected chi connectivity index (χ1v) is 10.5. The van der Waals surface area contributed by atoms with Crippen LogP contribution in [0.25, 0.3) is 10.2 Å². The first kappa shape index (κ1) is 17.3. The molecule has 0 fully saturated rings. The molecule has 7 heteroatoms. The predicted molar refractivity (Wildman–Crippen MR) is 110 cm³/mol. The number of thioether (sulfide) groups is 1. The summed E-state index contributed by atoms with van der Waals surface area (Å²) in [6.45, 7) is 2.27. The molecule has 3 aromatic rings. The number of benzene rings is 1. The third kappa shape index (κ3) is 3.54. The zero-order chi connectivity index (χ0) is 18.1. The van der Waals surface area contributed by atoms with Crippen LogP contribution in [0.15, 0.2) is 40.1 Å². The summed E-state index contributed by atoms with van der Waals surface area (Å²) in [4.78, 5) is 26.7. The van der Waals surface area contributed by atoms with Crippen LogP contribution in [-0.2, 0) is 18.6 Å². The highest BCUT2D eigenvalue weighted by molar-refractivity contribution is 8.13. The fourth-order valence-corrected chi connectivity index (χ4v) is 5.26. The maximum atomic E-state index is 12.6. The molecule has 0 aliphatic heterocycles. The molecule has 0 bridgehead atoms. The zero-order valence-corrected chi connectivity index (χ0v) is 16.1. The molecule has 1 aliphatic rings. The lowest BCUT2D eigenvalue weighted by Crippen LogP contribution is -2.15. The fraction of sp³-hybridized carbons (Fsp3) is 0.316. The second kappa shape index (κ2) is 7.25. The number of aromatic amines is 1. The van der Waals surface area contributed by atoms with Crippen LogP contribution in [0.2, 0.25) is 0 Å². The number of nitrogens with one attached hydrogen (secondary N) is 1. The second-order valence-electron chi connectivity index (χ2n) is 6.62. The standard InChI is InChI=1S/C19H20N4OS2/c1-11-7-8-13-14(9-11)26-18-16(13)17(24)22-15(23-18)10-25-19(20)21-12-5-3-2-4-6-12/h2-6,11H,7-10H2,1H3,(H2,20,21)(H,22,23,24)/t11-/m1/s1. The molecule has 134 valence electrons. The van der Waals surface area contributed by atoms with Crippen LogP contribution < -0.4 is 11.3 Å². The van der Waals surface area contributed by atoms with E-state index in [1.165, 1.54) is 22.2 Å². The number of nitrogens with two attached hydrogens (primary N) is 1. The van der Waals surface area contributed by atoms with Gasteiger partial charge >= 0.3 is 0 Å². The summed E-state index contributed by atoms with van der Waals surface area (Å²) in [5.74, 6) is 1.82. The molecule has 0 unspecified atom stereocenters. The van der Waals surface area contributed by atoms with Gasteiger partial charge in [0.15, 0.2) is 5.17 Å². The van der Waals surface area contributed by atoms with Crippen molar-refractivity contribution in [3.05, 3.63) is 57.0 Å². The van der Waals surface area contributed by atoms with E-state index >= 15 is 0 Å². The van der Waals surface area contributed by atoms with Gasteiger partial charge in [-0.05, 0) is 42.9 Å². The Labute approximate surface area is 159 Å². The van der Waals surface area contributed by atoms with Crippen LogP contribution in [0.3, 0.4) is 0 Å². The minimum absolute atomic E-state index is 0.0313. The van der Waals surface area contributed by atoms with E-state index in [1.807, 2.05) is 30.3 Å². The Morgan fingerprint density at radius 1 is 1.42 bits per heavy atom. The van der Waals surface area contributed by atoms with E-state index in [2.05, 4.69) is 21.9 Å². The number of para-hydroxylation sites is 1. The Morgan fingerprint density at radius 3 is 3.04 bits per heavy atom. The SMILES string of the molecule is C[C@@H]1CCc2c(sc3nc(CSC(N)=Nc4ccccc4)[nH]c(=O)c23)C1. The third-order valence-corrected chi connectivity index (χ3v) is 6.52. The number of amidine groups is 1. The third-order valence-electron chi connectivity index (χ3n) is 4.57. The molecule has 0 saturated heterocycles. The number of nitrogens with zero attached hydrogens (tertiary/aromatic N) is 2. The molecule has 5 nitrogen and oxygen atoms in total. The van der Waals surface area contributed by atoms with Crippen LogP contribution in [0, 0.1) is 5.92 Å². The molecule has 3 N–H and O–H groups in total. The largest absolute Gasteiger partial charge is 0.378 e. The van der Waals surface area contributed by atoms with E-state index in [1.54, 1.807) is 11.3 Å². The maximum Gasteiger partial charge on any atom is 0.259 e. The van der Waals surface area contributed by atoms with Gasteiger partial charge in [-0.2, -0.15) is 0 Å². The van der Waals surface area contributed by atoms with E-state index < -0.39 is 0 Å². The molecule has 2 aromatic heterocycles. The van der Waals surface area contributed by atoms with Gasteiger partial charge in [-0.25, -0.2) is 9.98 Å². The number of hydrogen-bond donors (Lipinski definition) is 2. The molecule has 1 aliphatic carbocycles.